The minimum absolute atomic E-state index is 0.00188. The summed E-state index contributed by atoms with van der Waals surface area (Å²) in [6, 6.07) is 28.3. The molecule has 0 fully saturated rings. The SMILES string of the molecule is O=C(Cc1ccccc1Cl)NCCC(c1ccccc1)c1ccccc1. The molecule has 132 valence electrons. The molecular weight excluding hydrogens is 342 g/mol. The summed E-state index contributed by atoms with van der Waals surface area (Å²) in [5.41, 5.74) is 3.38. The zero-order valence-electron chi connectivity index (χ0n) is 14.6. The molecule has 0 aliphatic heterocycles. The number of carbonyl (C=O) groups is 1. The Morgan fingerprint density at radius 3 is 1.92 bits per heavy atom. The predicted octanol–water partition coefficient (Wildman–Crippen LogP) is 5.22. The Bertz CT molecular complexity index is 794. The monoisotopic (exact) mass is 363 g/mol. The van der Waals surface area contributed by atoms with E-state index in [1.54, 1.807) is 0 Å². The maximum atomic E-state index is 12.2. The molecule has 0 radical (unpaired) electrons. The molecule has 3 aromatic rings. The summed E-state index contributed by atoms with van der Waals surface area (Å²) in [5, 5.41) is 3.66. The third kappa shape index (κ3) is 4.96. The van der Waals surface area contributed by atoms with E-state index in [9.17, 15) is 4.79 Å². The molecule has 0 atom stereocenters. The highest BCUT2D eigenvalue weighted by Crippen LogP contribution is 2.27. The van der Waals surface area contributed by atoms with E-state index in [0.717, 1.165) is 12.0 Å². The van der Waals surface area contributed by atoms with Crippen LogP contribution in [0.25, 0.3) is 0 Å². The summed E-state index contributed by atoms with van der Waals surface area (Å²) in [6.45, 7) is 0.623. The van der Waals surface area contributed by atoms with Crippen LogP contribution in [0.1, 0.15) is 29.0 Å². The quantitative estimate of drug-likeness (QED) is 0.612. The minimum atomic E-state index is -0.00188. The van der Waals surface area contributed by atoms with Gasteiger partial charge in [-0.15, -0.1) is 0 Å². The molecule has 3 heteroatoms. The summed E-state index contributed by atoms with van der Waals surface area (Å²) in [6.07, 6.45) is 1.16. The van der Waals surface area contributed by atoms with E-state index in [0.29, 0.717) is 18.0 Å². The second-order valence-electron chi connectivity index (χ2n) is 6.28. The summed E-state index contributed by atoms with van der Waals surface area (Å²) in [5.74, 6) is 0.260. The number of halogens is 1. The molecule has 0 saturated carbocycles. The molecule has 3 rings (SSSR count). The molecule has 3 aromatic carbocycles. The molecule has 0 aliphatic carbocycles. The lowest BCUT2D eigenvalue weighted by Gasteiger charge is -2.18. The number of hydrogen-bond donors (Lipinski definition) is 1. The number of amides is 1. The molecule has 0 saturated heterocycles. The average molecular weight is 364 g/mol. The van der Waals surface area contributed by atoms with Gasteiger partial charge in [0.25, 0.3) is 0 Å². The zero-order valence-corrected chi connectivity index (χ0v) is 15.3. The molecule has 0 unspecified atom stereocenters. The van der Waals surface area contributed by atoms with Crippen molar-refractivity contribution in [1.82, 2.24) is 5.32 Å². The van der Waals surface area contributed by atoms with Crippen molar-refractivity contribution in [2.75, 3.05) is 6.54 Å². The van der Waals surface area contributed by atoms with Crippen LogP contribution in [0.2, 0.25) is 5.02 Å². The van der Waals surface area contributed by atoms with Crippen molar-refractivity contribution in [3.8, 4) is 0 Å². The topological polar surface area (TPSA) is 29.1 Å². The number of rotatable bonds is 7. The minimum Gasteiger partial charge on any atom is -0.356 e. The molecule has 0 aromatic heterocycles. The standard InChI is InChI=1S/C23H22ClNO/c24-22-14-8-7-13-20(22)17-23(26)25-16-15-21(18-9-3-1-4-10-18)19-11-5-2-6-12-19/h1-14,21H,15-17H2,(H,25,26). The highest BCUT2D eigenvalue weighted by atomic mass is 35.5. The Morgan fingerprint density at radius 1 is 0.808 bits per heavy atom. The molecular formula is C23H22ClNO. The van der Waals surface area contributed by atoms with E-state index < -0.39 is 0 Å². The van der Waals surface area contributed by atoms with Crippen molar-refractivity contribution >= 4 is 17.5 Å². The van der Waals surface area contributed by atoms with Gasteiger partial charge in [0.1, 0.15) is 0 Å². The molecule has 0 aliphatic rings. The first kappa shape index (κ1) is 18.2. The van der Waals surface area contributed by atoms with Gasteiger partial charge >= 0.3 is 0 Å². The van der Waals surface area contributed by atoms with Crippen LogP contribution >= 0.6 is 11.6 Å². The van der Waals surface area contributed by atoms with Crippen LogP contribution in [0.5, 0.6) is 0 Å². The molecule has 0 spiro atoms. The van der Waals surface area contributed by atoms with Crippen LogP contribution in [-0.4, -0.2) is 12.5 Å². The largest absolute Gasteiger partial charge is 0.356 e. The van der Waals surface area contributed by atoms with Crippen LogP contribution in [0.3, 0.4) is 0 Å². The van der Waals surface area contributed by atoms with E-state index in [-0.39, 0.29) is 11.8 Å². The zero-order chi connectivity index (χ0) is 18.2. The fourth-order valence-electron chi connectivity index (χ4n) is 3.13. The van der Waals surface area contributed by atoms with Crippen LogP contribution in [0.4, 0.5) is 0 Å². The normalized spacial score (nSPS) is 10.7. The lowest BCUT2D eigenvalue weighted by atomic mass is 9.88. The maximum Gasteiger partial charge on any atom is 0.224 e. The van der Waals surface area contributed by atoms with Gasteiger partial charge in [-0.3, -0.25) is 4.79 Å². The van der Waals surface area contributed by atoms with E-state index in [4.69, 9.17) is 11.6 Å². The van der Waals surface area contributed by atoms with Crippen LogP contribution in [0, 0.1) is 0 Å². The number of carbonyl (C=O) groups excluding carboxylic acids is 1. The van der Waals surface area contributed by atoms with Gasteiger partial charge in [0.15, 0.2) is 0 Å². The van der Waals surface area contributed by atoms with Crippen molar-refractivity contribution in [1.29, 1.82) is 0 Å². The smallest absolute Gasteiger partial charge is 0.224 e. The van der Waals surface area contributed by atoms with Crippen molar-refractivity contribution < 1.29 is 4.79 Å². The summed E-state index contributed by atoms with van der Waals surface area (Å²) >= 11 is 6.13. The Balaban J connectivity index is 1.62. The van der Waals surface area contributed by atoms with Gasteiger partial charge in [-0.2, -0.15) is 0 Å². The first-order valence-corrected chi connectivity index (χ1v) is 9.22. The Morgan fingerprint density at radius 2 is 1.35 bits per heavy atom. The fourth-order valence-corrected chi connectivity index (χ4v) is 3.33. The molecule has 0 bridgehead atoms. The summed E-state index contributed by atoms with van der Waals surface area (Å²) in [7, 11) is 0. The van der Waals surface area contributed by atoms with Gasteiger partial charge in [-0.1, -0.05) is 90.5 Å². The molecule has 0 heterocycles. The van der Waals surface area contributed by atoms with Crippen molar-refractivity contribution in [2.45, 2.75) is 18.8 Å². The second kappa shape index (κ2) is 9.21. The molecule has 2 nitrogen and oxygen atoms in total. The van der Waals surface area contributed by atoms with E-state index in [1.165, 1.54) is 11.1 Å². The Labute approximate surface area is 159 Å². The third-order valence-electron chi connectivity index (χ3n) is 4.47. The predicted molar refractivity (Wildman–Crippen MR) is 108 cm³/mol. The van der Waals surface area contributed by atoms with Gasteiger partial charge in [-0.05, 0) is 29.2 Å². The fraction of sp³-hybridized carbons (Fsp3) is 0.174. The number of hydrogen-bond acceptors (Lipinski definition) is 1. The highest BCUT2D eigenvalue weighted by Gasteiger charge is 2.14. The molecule has 1 N–H and O–H groups in total. The Kier molecular flexibility index (Phi) is 6.45. The molecule has 26 heavy (non-hydrogen) atoms. The first-order chi connectivity index (χ1) is 12.7. The summed E-state index contributed by atoms with van der Waals surface area (Å²) < 4.78 is 0. The number of benzene rings is 3. The van der Waals surface area contributed by atoms with Crippen LogP contribution < -0.4 is 5.32 Å². The number of nitrogens with one attached hydrogen (secondary N) is 1. The molecule has 1 amide bonds. The van der Waals surface area contributed by atoms with Gasteiger partial charge < -0.3 is 5.32 Å². The lowest BCUT2D eigenvalue weighted by molar-refractivity contribution is -0.120. The highest BCUT2D eigenvalue weighted by molar-refractivity contribution is 6.31. The van der Waals surface area contributed by atoms with Gasteiger partial charge in [-0.25, -0.2) is 0 Å². The summed E-state index contributed by atoms with van der Waals surface area (Å²) in [4.78, 5) is 12.2. The maximum absolute atomic E-state index is 12.2. The van der Waals surface area contributed by atoms with Gasteiger partial charge in [0, 0.05) is 17.5 Å². The van der Waals surface area contributed by atoms with E-state index >= 15 is 0 Å². The van der Waals surface area contributed by atoms with Crippen LogP contribution in [-0.2, 0) is 11.2 Å². The third-order valence-corrected chi connectivity index (χ3v) is 4.84. The van der Waals surface area contributed by atoms with Crippen molar-refractivity contribution in [3.05, 3.63) is 107 Å². The lowest BCUT2D eigenvalue weighted by Crippen LogP contribution is -2.27. The average Bonchev–Trinajstić information content (AvgIpc) is 2.68. The van der Waals surface area contributed by atoms with Crippen LogP contribution in [0.15, 0.2) is 84.9 Å². The van der Waals surface area contributed by atoms with E-state index in [2.05, 4.69) is 53.8 Å². The van der Waals surface area contributed by atoms with Crippen molar-refractivity contribution in [2.24, 2.45) is 0 Å². The van der Waals surface area contributed by atoms with E-state index in [1.807, 2.05) is 36.4 Å². The van der Waals surface area contributed by atoms with Gasteiger partial charge in [0.2, 0.25) is 5.91 Å². The van der Waals surface area contributed by atoms with Gasteiger partial charge in [0.05, 0.1) is 6.42 Å². The van der Waals surface area contributed by atoms with Crippen molar-refractivity contribution in [3.63, 3.8) is 0 Å². The first-order valence-electron chi connectivity index (χ1n) is 8.84. The second-order valence-corrected chi connectivity index (χ2v) is 6.69. The Hall–Kier alpha value is -2.58.